The monoisotopic (exact) mass is 414 g/mol. The number of carbonyl (C=O) groups is 1. The Morgan fingerprint density at radius 2 is 1.97 bits per heavy atom. The average Bonchev–Trinajstić information content (AvgIpc) is 2.66. The molecule has 2 heterocycles. The first-order valence-electron chi connectivity index (χ1n) is 9.95. The number of benzene rings is 1. The lowest BCUT2D eigenvalue weighted by Crippen LogP contribution is -2.51. The van der Waals surface area contributed by atoms with Crippen molar-refractivity contribution < 1.29 is 19.1 Å². The van der Waals surface area contributed by atoms with Crippen LogP contribution in [0.15, 0.2) is 24.3 Å². The summed E-state index contributed by atoms with van der Waals surface area (Å²) in [5.41, 5.74) is 8.07. The van der Waals surface area contributed by atoms with E-state index in [1.807, 2.05) is 45.0 Å². The van der Waals surface area contributed by atoms with E-state index < -0.39 is 5.54 Å². The summed E-state index contributed by atoms with van der Waals surface area (Å²) in [6.45, 7) is 8.18. The first-order chi connectivity index (χ1) is 14.2. The predicted octanol–water partition coefficient (Wildman–Crippen LogP) is 2.16. The van der Waals surface area contributed by atoms with Crippen LogP contribution in [0, 0.1) is 12.8 Å². The van der Waals surface area contributed by atoms with E-state index in [9.17, 15) is 4.79 Å². The highest BCUT2D eigenvalue weighted by Crippen LogP contribution is 2.30. The fourth-order valence-corrected chi connectivity index (χ4v) is 3.54. The molecular weight excluding hydrogens is 384 g/mol. The molecule has 1 aliphatic heterocycles. The number of carbonyl (C=O) groups excluding carboxylic acids is 3. The van der Waals surface area contributed by atoms with Gasteiger partial charge in [0.05, 0.1) is 16.4 Å². The minimum atomic E-state index is -0.477. The zero-order valence-electron chi connectivity index (χ0n) is 18.0. The van der Waals surface area contributed by atoms with Gasteiger partial charge in [0.25, 0.3) is 0 Å². The Balaban J connectivity index is 0.00000101. The van der Waals surface area contributed by atoms with Gasteiger partial charge in [-0.3, -0.25) is 9.78 Å². The van der Waals surface area contributed by atoms with Crippen LogP contribution in [0.5, 0.6) is 5.75 Å². The number of ether oxygens (including phenoxy) is 1. The van der Waals surface area contributed by atoms with Crippen LogP contribution in [0.4, 0.5) is 5.69 Å². The Morgan fingerprint density at radius 1 is 1.33 bits per heavy atom. The molecule has 0 bridgehead atoms. The summed E-state index contributed by atoms with van der Waals surface area (Å²) >= 11 is 0. The van der Waals surface area contributed by atoms with Gasteiger partial charge in [0.2, 0.25) is 5.91 Å². The second kappa shape index (κ2) is 10.2. The van der Waals surface area contributed by atoms with Crippen molar-refractivity contribution in [2.45, 2.75) is 39.2 Å². The number of rotatable bonds is 5. The number of likely N-dealkylation sites (tertiary alicyclic amines) is 1. The number of hydrogen-bond acceptors (Lipinski definition) is 7. The Bertz CT molecular complexity index is 915. The van der Waals surface area contributed by atoms with E-state index >= 15 is 0 Å². The van der Waals surface area contributed by atoms with Gasteiger partial charge in [-0.15, -0.1) is 0 Å². The number of anilines is 1. The molecule has 1 aromatic carbocycles. The Kier molecular flexibility index (Phi) is 7.92. The third-order valence-corrected chi connectivity index (χ3v) is 5.09. The van der Waals surface area contributed by atoms with Crippen molar-refractivity contribution in [3.8, 4) is 5.75 Å². The van der Waals surface area contributed by atoms with Crippen molar-refractivity contribution in [2.24, 2.45) is 5.92 Å². The Labute approximate surface area is 176 Å². The number of piperidine rings is 1. The van der Waals surface area contributed by atoms with E-state index in [0.29, 0.717) is 18.0 Å². The molecule has 2 aromatic rings. The van der Waals surface area contributed by atoms with Gasteiger partial charge < -0.3 is 20.7 Å². The number of nitrogen functional groups attached to an aromatic ring is 1. The minimum absolute atomic E-state index is 0.0841. The van der Waals surface area contributed by atoms with E-state index in [-0.39, 0.29) is 18.0 Å². The third-order valence-electron chi connectivity index (χ3n) is 5.09. The second-order valence-electron chi connectivity index (χ2n) is 8.33. The molecule has 8 heteroatoms. The van der Waals surface area contributed by atoms with Crippen molar-refractivity contribution in [1.29, 1.82) is 0 Å². The van der Waals surface area contributed by atoms with Crippen molar-refractivity contribution >= 4 is 28.6 Å². The number of hydrogen-bond donors (Lipinski definition) is 2. The smallest absolute Gasteiger partial charge is 0.373 e. The SMILES string of the molecule is Cc1cc(N)c2c(OCC(C)(C)NC(=O)C3CCN(C)CC3)cccc2n1.O=C=O. The summed E-state index contributed by atoms with van der Waals surface area (Å²) in [5, 5.41) is 3.97. The van der Waals surface area contributed by atoms with Crippen LogP contribution in [-0.4, -0.2) is 54.2 Å². The number of nitrogens with one attached hydrogen (secondary N) is 1. The standard InChI is InChI=1S/C21H30N4O2.CO2/c1-14-12-16(22)19-17(23-14)6-5-7-18(19)27-13-21(2,3)24-20(26)15-8-10-25(4)11-9-15;2-1-3/h5-7,12,15H,8-11,13H2,1-4H3,(H2,22,23)(H,24,26);. The number of nitrogens with two attached hydrogens (primary N) is 1. The van der Waals surface area contributed by atoms with Crippen LogP contribution in [0.2, 0.25) is 0 Å². The van der Waals surface area contributed by atoms with Crippen molar-refractivity contribution in [3.05, 3.63) is 30.0 Å². The largest absolute Gasteiger partial charge is 0.490 e. The number of aromatic nitrogens is 1. The molecule has 1 amide bonds. The maximum Gasteiger partial charge on any atom is 0.373 e. The number of aryl methyl sites for hydroxylation is 1. The number of amides is 1. The maximum absolute atomic E-state index is 12.6. The quantitative estimate of drug-likeness (QED) is 0.770. The average molecular weight is 415 g/mol. The third kappa shape index (κ3) is 6.27. The minimum Gasteiger partial charge on any atom is -0.490 e. The van der Waals surface area contributed by atoms with E-state index in [1.165, 1.54) is 0 Å². The van der Waals surface area contributed by atoms with E-state index in [4.69, 9.17) is 20.1 Å². The first-order valence-corrected chi connectivity index (χ1v) is 9.95. The molecule has 0 radical (unpaired) electrons. The van der Waals surface area contributed by atoms with Crippen molar-refractivity contribution in [1.82, 2.24) is 15.2 Å². The van der Waals surface area contributed by atoms with Gasteiger partial charge in [0, 0.05) is 17.3 Å². The molecule has 3 rings (SSSR count). The lowest BCUT2D eigenvalue weighted by Gasteiger charge is -2.32. The molecule has 0 atom stereocenters. The van der Waals surface area contributed by atoms with E-state index in [1.54, 1.807) is 0 Å². The summed E-state index contributed by atoms with van der Waals surface area (Å²) in [4.78, 5) is 35.7. The Morgan fingerprint density at radius 3 is 2.60 bits per heavy atom. The number of fused-ring (bicyclic) bond motifs is 1. The summed E-state index contributed by atoms with van der Waals surface area (Å²) in [5.74, 6) is 0.895. The predicted molar refractivity (Wildman–Crippen MR) is 114 cm³/mol. The van der Waals surface area contributed by atoms with Crippen LogP contribution < -0.4 is 15.8 Å². The molecule has 3 N–H and O–H groups in total. The Hall–Kier alpha value is -2.96. The van der Waals surface area contributed by atoms with Crippen LogP contribution in [0.3, 0.4) is 0 Å². The molecule has 162 valence electrons. The van der Waals surface area contributed by atoms with Crippen LogP contribution in [0.1, 0.15) is 32.4 Å². The first kappa shape index (κ1) is 23.3. The second-order valence-corrected chi connectivity index (χ2v) is 8.33. The highest BCUT2D eigenvalue weighted by Gasteiger charge is 2.29. The summed E-state index contributed by atoms with van der Waals surface area (Å²) in [7, 11) is 2.10. The van der Waals surface area contributed by atoms with Crippen LogP contribution in [0.25, 0.3) is 10.9 Å². The van der Waals surface area contributed by atoms with Gasteiger partial charge in [-0.05, 0) is 71.9 Å². The van der Waals surface area contributed by atoms with Crippen molar-refractivity contribution in [2.75, 3.05) is 32.5 Å². The zero-order valence-corrected chi connectivity index (χ0v) is 18.0. The molecule has 1 fully saturated rings. The molecular formula is C22H30N4O4. The van der Waals surface area contributed by atoms with Gasteiger partial charge in [-0.25, -0.2) is 0 Å². The molecule has 0 aliphatic carbocycles. The number of nitrogens with zero attached hydrogens (tertiary/aromatic N) is 2. The van der Waals surface area contributed by atoms with Gasteiger partial charge in [-0.2, -0.15) is 9.59 Å². The maximum atomic E-state index is 12.6. The topological polar surface area (TPSA) is 115 Å². The fraction of sp³-hybridized carbons (Fsp3) is 0.500. The lowest BCUT2D eigenvalue weighted by molar-refractivity contribution is -0.191. The molecule has 1 aliphatic rings. The van der Waals surface area contributed by atoms with Gasteiger partial charge in [0.1, 0.15) is 12.4 Å². The van der Waals surface area contributed by atoms with E-state index in [0.717, 1.165) is 42.5 Å². The highest BCUT2D eigenvalue weighted by atomic mass is 16.5. The summed E-state index contributed by atoms with van der Waals surface area (Å²) < 4.78 is 6.07. The van der Waals surface area contributed by atoms with Gasteiger partial charge in [0.15, 0.2) is 0 Å². The molecule has 8 nitrogen and oxygen atoms in total. The lowest BCUT2D eigenvalue weighted by atomic mass is 9.94. The summed E-state index contributed by atoms with van der Waals surface area (Å²) in [6.07, 6.45) is 2.06. The molecule has 1 aromatic heterocycles. The molecule has 1 saturated heterocycles. The molecule has 0 spiro atoms. The molecule has 0 unspecified atom stereocenters. The van der Waals surface area contributed by atoms with Gasteiger partial charge in [-0.1, -0.05) is 6.07 Å². The normalized spacial score (nSPS) is 15.1. The highest BCUT2D eigenvalue weighted by molar-refractivity contribution is 5.95. The van der Waals surface area contributed by atoms with E-state index in [2.05, 4.69) is 22.2 Å². The molecule has 0 saturated carbocycles. The zero-order chi connectivity index (χ0) is 22.3. The van der Waals surface area contributed by atoms with Crippen LogP contribution >= 0.6 is 0 Å². The number of pyridine rings is 1. The van der Waals surface area contributed by atoms with Crippen molar-refractivity contribution in [3.63, 3.8) is 0 Å². The summed E-state index contributed by atoms with van der Waals surface area (Å²) in [6, 6.07) is 7.58. The molecule has 30 heavy (non-hydrogen) atoms. The van der Waals surface area contributed by atoms with Crippen LogP contribution in [-0.2, 0) is 14.4 Å². The van der Waals surface area contributed by atoms with Gasteiger partial charge >= 0.3 is 6.15 Å². The fourth-order valence-electron chi connectivity index (χ4n) is 3.54.